The Morgan fingerprint density at radius 2 is 0.538 bits per heavy atom. The summed E-state index contributed by atoms with van der Waals surface area (Å²) >= 11 is 0. The minimum absolute atomic E-state index is 0.403. The molecule has 0 spiro atoms. The minimum Gasteiger partial charge on any atom is -0.353 e. The van der Waals surface area contributed by atoms with Crippen molar-refractivity contribution >= 4 is 0 Å². The second-order valence-electron chi connectivity index (χ2n) is 19.2. The zero-order valence-electron chi connectivity index (χ0n) is 38.8. The van der Waals surface area contributed by atoms with E-state index in [2.05, 4.69) is 69.2 Å². The van der Waals surface area contributed by atoms with Crippen molar-refractivity contribution in [3.05, 3.63) is 0 Å². The molecule has 0 rings (SSSR count). The van der Waals surface area contributed by atoms with Crippen molar-refractivity contribution in [2.24, 2.45) is 47.3 Å². The van der Waals surface area contributed by atoms with Crippen molar-refractivity contribution < 1.29 is 18.9 Å². The van der Waals surface area contributed by atoms with Crippen LogP contribution in [0.25, 0.3) is 0 Å². The van der Waals surface area contributed by atoms with Crippen LogP contribution in [0.15, 0.2) is 0 Å². The smallest absolute Gasteiger partial charge is 0.165 e. The summed E-state index contributed by atoms with van der Waals surface area (Å²) in [6.45, 7) is 27.9. The van der Waals surface area contributed by atoms with Crippen LogP contribution >= 0.6 is 0 Å². The molecule has 0 N–H and O–H groups in total. The minimum atomic E-state index is -0.420. The third-order valence-electron chi connectivity index (χ3n) is 12.3. The predicted octanol–water partition coefficient (Wildman–Crippen LogP) is 15.7. The summed E-state index contributed by atoms with van der Waals surface area (Å²) in [6, 6.07) is 0. The summed E-state index contributed by atoms with van der Waals surface area (Å²) in [5.41, 5.74) is 0. The maximum Gasteiger partial charge on any atom is 0.165 e. The van der Waals surface area contributed by atoms with Crippen LogP contribution in [-0.4, -0.2) is 40.0 Å². The molecule has 6 atom stereocenters. The lowest BCUT2D eigenvalue weighted by Gasteiger charge is -2.29. The molecule has 0 aliphatic heterocycles. The highest BCUT2D eigenvalue weighted by Gasteiger charge is 2.25. The lowest BCUT2D eigenvalue weighted by Crippen LogP contribution is -2.31. The maximum atomic E-state index is 5.48. The van der Waals surface area contributed by atoms with Gasteiger partial charge in [0.1, 0.15) is 0 Å². The van der Waals surface area contributed by atoms with Gasteiger partial charge in [-0.1, -0.05) is 191 Å². The number of methoxy groups -OCH3 is 4. The molecule has 0 heterocycles. The summed E-state index contributed by atoms with van der Waals surface area (Å²) in [5.74, 6) is 5.96. The van der Waals surface area contributed by atoms with Crippen LogP contribution in [0.4, 0.5) is 0 Å². The molecule has 0 amide bonds. The average molecular weight is 741 g/mol. The predicted molar refractivity (Wildman–Crippen MR) is 231 cm³/mol. The van der Waals surface area contributed by atoms with E-state index in [-0.39, 0.29) is 0 Å². The van der Waals surface area contributed by atoms with Gasteiger partial charge in [-0.3, -0.25) is 0 Å². The Bertz CT molecular complexity index is 743. The highest BCUT2D eigenvalue weighted by molar-refractivity contribution is 4.69. The standard InChI is InChI=1S/C25H52O2.C23H48O2/c1-21(2)13-9-14-22(3)15-10-16-23(4)17-11-18-24(5)19-12-20-25(6,26-7)27-8;1-19(2)12-9-13-20(3)14-10-15-21(4)16-11-17-22(5)18-23(6,24-7)25-8/h21-24H,9-20H2,1-8H3;19-22H,9-18H2,1-8H3. The van der Waals surface area contributed by atoms with Gasteiger partial charge >= 0.3 is 0 Å². The van der Waals surface area contributed by atoms with E-state index in [0.717, 1.165) is 54.3 Å². The lowest BCUT2D eigenvalue weighted by molar-refractivity contribution is -0.203. The van der Waals surface area contributed by atoms with E-state index >= 15 is 0 Å². The van der Waals surface area contributed by atoms with Crippen molar-refractivity contribution in [3.8, 4) is 0 Å². The maximum absolute atomic E-state index is 5.48. The first kappa shape index (κ1) is 53.9. The third-order valence-corrected chi connectivity index (χ3v) is 12.3. The number of hydrogen-bond donors (Lipinski definition) is 0. The number of ether oxygens (including phenoxy) is 4. The molecule has 0 aromatic heterocycles. The fourth-order valence-corrected chi connectivity index (χ4v) is 7.77. The van der Waals surface area contributed by atoms with E-state index in [0.29, 0.717) is 5.92 Å². The van der Waals surface area contributed by atoms with Crippen molar-refractivity contribution in [2.45, 2.75) is 236 Å². The SMILES string of the molecule is COC(C)(CC(C)CCCC(C)CCCC(C)CCCC(C)C)OC.COC(C)(CCCC(C)CCCC(C)CCCC(C)CCCC(C)C)OC. The molecule has 4 heteroatoms. The van der Waals surface area contributed by atoms with Crippen LogP contribution in [0.2, 0.25) is 0 Å². The summed E-state index contributed by atoms with van der Waals surface area (Å²) in [4.78, 5) is 0. The number of hydrogen-bond acceptors (Lipinski definition) is 4. The first-order valence-corrected chi connectivity index (χ1v) is 22.6. The highest BCUT2D eigenvalue weighted by atomic mass is 16.7. The third kappa shape index (κ3) is 33.2. The van der Waals surface area contributed by atoms with Gasteiger partial charge < -0.3 is 18.9 Å². The molecule has 0 bridgehead atoms. The van der Waals surface area contributed by atoms with Crippen LogP contribution < -0.4 is 0 Å². The topological polar surface area (TPSA) is 36.9 Å². The van der Waals surface area contributed by atoms with E-state index in [9.17, 15) is 0 Å². The zero-order chi connectivity index (χ0) is 40.0. The molecular weight excluding hydrogens is 641 g/mol. The number of rotatable bonds is 34. The van der Waals surface area contributed by atoms with Gasteiger partial charge in [0.25, 0.3) is 0 Å². The van der Waals surface area contributed by atoms with Gasteiger partial charge in [0.15, 0.2) is 11.6 Å². The van der Waals surface area contributed by atoms with Crippen LogP contribution in [0.3, 0.4) is 0 Å². The Morgan fingerprint density at radius 3 is 0.788 bits per heavy atom. The fourth-order valence-electron chi connectivity index (χ4n) is 7.77. The van der Waals surface area contributed by atoms with E-state index < -0.39 is 11.6 Å². The van der Waals surface area contributed by atoms with Gasteiger partial charge in [-0.25, -0.2) is 0 Å². The van der Waals surface area contributed by atoms with Crippen molar-refractivity contribution in [1.82, 2.24) is 0 Å². The van der Waals surface area contributed by atoms with E-state index in [1.807, 2.05) is 13.8 Å². The Labute approximate surface area is 329 Å². The van der Waals surface area contributed by atoms with Crippen LogP contribution in [-0.2, 0) is 18.9 Å². The van der Waals surface area contributed by atoms with Gasteiger partial charge in [-0.15, -0.1) is 0 Å². The molecule has 0 saturated carbocycles. The van der Waals surface area contributed by atoms with E-state index in [4.69, 9.17) is 18.9 Å². The second kappa shape index (κ2) is 33.0. The van der Waals surface area contributed by atoms with Crippen LogP contribution in [0.5, 0.6) is 0 Å². The highest BCUT2D eigenvalue weighted by Crippen LogP contribution is 2.28. The largest absolute Gasteiger partial charge is 0.353 e. The molecule has 0 aliphatic rings. The van der Waals surface area contributed by atoms with Crippen LogP contribution in [0.1, 0.15) is 224 Å². The molecule has 0 fully saturated rings. The normalized spacial score (nSPS) is 16.0. The van der Waals surface area contributed by atoms with Crippen molar-refractivity contribution in [2.75, 3.05) is 28.4 Å². The Balaban J connectivity index is 0. The van der Waals surface area contributed by atoms with Gasteiger partial charge in [0, 0.05) is 41.3 Å². The molecule has 52 heavy (non-hydrogen) atoms. The summed E-state index contributed by atoms with van der Waals surface area (Å²) in [6.07, 6.45) is 29.5. The quantitative estimate of drug-likeness (QED) is 0.0616. The average Bonchev–Trinajstić information content (AvgIpc) is 3.08. The molecule has 0 aliphatic carbocycles. The Hall–Kier alpha value is -0.160. The molecule has 6 unspecified atom stereocenters. The molecule has 0 radical (unpaired) electrons. The Morgan fingerprint density at radius 1 is 0.308 bits per heavy atom. The molecule has 0 aromatic rings. The lowest BCUT2D eigenvalue weighted by atomic mass is 9.90. The monoisotopic (exact) mass is 741 g/mol. The first-order valence-electron chi connectivity index (χ1n) is 22.6. The second-order valence-corrected chi connectivity index (χ2v) is 19.2. The van der Waals surface area contributed by atoms with Crippen molar-refractivity contribution in [1.29, 1.82) is 0 Å². The van der Waals surface area contributed by atoms with E-state index in [1.54, 1.807) is 28.4 Å². The Kier molecular flexibility index (Phi) is 34.3. The van der Waals surface area contributed by atoms with Crippen molar-refractivity contribution in [3.63, 3.8) is 0 Å². The first-order chi connectivity index (χ1) is 24.4. The van der Waals surface area contributed by atoms with Crippen LogP contribution in [0, 0.1) is 47.3 Å². The zero-order valence-corrected chi connectivity index (χ0v) is 38.8. The molecular formula is C48H100O4. The molecule has 316 valence electrons. The van der Waals surface area contributed by atoms with Gasteiger partial charge in [-0.05, 0) is 67.6 Å². The fraction of sp³-hybridized carbons (Fsp3) is 1.00. The molecule has 0 saturated heterocycles. The van der Waals surface area contributed by atoms with Gasteiger partial charge in [0.05, 0.1) is 0 Å². The van der Waals surface area contributed by atoms with Gasteiger partial charge in [-0.2, -0.15) is 0 Å². The van der Waals surface area contributed by atoms with E-state index in [1.165, 1.54) is 128 Å². The summed E-state index contributed by atoms with van der Waals surface area (Å²) in [7, 11) is 6.95. The molecule has 0 aromatic carbocycles. The van der Waals surface area contributed by atoms with Gasteiger partial charge in [0.2, 0.25) is 0 Å². The summed E-state index contributed by atoms with van der Waals surface area (Å²) < 4.78 is 21.8. The molecule has 4 nitrogen and oxygen atoms in total. The summed E-state index contributed by atoms with van der Waals surface area (Å²) in [5, 5.41) is 0.